The lowest BCUT2D eigenvalue weighted by molar-refractivity contribution is 0.0375. The van der Waals surface area contributed by atoms with Crippen LogP contribution < -0.4 is 10.6 Å². The van der Waals surface area contributed by atoms with Gasteiger partial charge in [-0.25, -0.2) is 14.8 Å². The summed E-state index contributed by atoms with van der Waals surface area (Å²) >= 11 is 1.64. The molecule has 2 aliphatic heterocycles. The zero-order chi connectivity index (χ0) is 25.0. The van der Waals surface area contributed by atoms with Crippen LogP contribution in [0.25, 0.3) is 26.8 Å². The van der Waals surface area contributed by atoms with E-state index >= 15 is 0 Å². The maximum atomic E-state index is 12.6. The molecular weight excluding hydrogens is 486 g/mol. The average Bonchev–Trinajstić information content (AvgIpc) is 3.59. The van der Waals surface area contributed by atoms with Crippen LogP contribution in [0.4, 0.5) is 16.2 Å². The van der Waals surface area contributed by atoms with Crippen LogP contribution in [0.1, 0.15) is 18.5 Å². The maximum Gasteiger partial charge on any atom is 0.317 e. The van der Waals surface area contributed by atoms with E-state index in [9.17, 15) is 4.79 Å². The zero-order valence-corrected chi connectivity index (χ0v) is 21.5. The molecule has 1 fully saturated rings. The quantitative estimate of drug-likeness (QED) is 0.314. The van der Waals surface area contributed by atoms with Crippen molar-refractivity contribution in [3.8, 4) is 0 Å². The Hall–Kier alpha value is -3.47. The Morgan fingerprint density at radius 1 is 1.14 bits per heavy atom. The van der Waals surface area contributed by atoms with Crippen molar-refractivity contribution in [2.75, 3.05) is 57.8 Å². The van der Waals surface area contributed by atoms with Gasteiger partial charge >= 0.3 is 6.03 Å². The molecule has 2 amide bonds. The van der Waals surface area contributed by atoms with Crippen molar-refractivity contribution < 1.29 is 9.53 Å². The first-order chi connectivity index (χ1) is 18.2. The number of pyridine rings is 1. The molecule has 0 bridgehead atoms. The lowest BCUT2D eigenvalue weighted by Gasteiger charge is -2.28. The number of rotatable bonds is 7. The van der Waals surface area contributed by atoms with Gasteiger partial charge in [-0.3, -0.25) is 4.90 Å². The Morgan fingerprint density at radius 2 is 2.05 bits per heavy atom. The van der Waals surface area contributed by atoms with Gasteiger partial charge in [0, 0.05) is 55.7 Å². The minimum atomic E-state index is 0.0139. The molecule has 10 heteroatoms. The smallest absolute Gasteiger partial charge is 0.317 e. The van der Waals surface area contributed by atoms with Crippen LogP contribution in [-0.4, -0.2) is 83.3 Å². The molecule has 37 heavy (non-hydrogen) atoms. The largest absolute Gasteiger partial charge is 0.379 e. The molecule has 5 heterocycles. The Kier molecular flexibility index (Phi) is 7.03. The van der Waals surface area contributed by atoms with Gasteiger partial charge in [0.15, 0.2) is 0 Å². The second-order valence-corrected chi connectivity index (χ2v) is 10.3. The number of anilines is 2. The highest BCUT2D eigenvalue weighted by Gasteiger charge is 2.19. The standard InChI is InChI=1S/C27H31N7O2S/c35-27(29-7-1-9-33-12-14-36-15-13-33)34-10-5-19(6-11-34)24-17-21-22(4-8-28-26(21)32-24)31-20-2-3-23-25(16-20)37-18-30-23/h2-5,8,16-18H,1,6-7,9-15H2,(H,29,35)(H2,28,31,32). The third-order valence-corrected chi connectivity index (χ3v) is 7.81. The number of hydrogen-bond donors (Lipinski definition) is 3. The van der Waals surface area contributed by atoms with E-state index in [4.69, 9.17) is 4.74 Å². The minimum Gasteiger partial charge on any atom is -0.379 e. The van der Waals surface area contributed by atoms with E-state index in [1.165, 1.54) is 5.57 Å². The van der Waals surface area contributed by atoms with Crippen molar-refractivity contribution in [3.05, 3.63) is 53.8 Å². The highest BCUT2D eigenvalue weighted by atomic mass is 32.1. The molecule has 3 aromatic heterocycles. The SMILES string of the molecule is O=C(NCCCN1CCOCC1)N1CC=C(c2cc3c(Nc4ccc5ncsc5c4)ccnc3[nH]2)CC1. The van der Waals surface area contributed by atoms with Gasteiger partial charge in [0.25, 0.3) is 0 Å². The lowest BCUT2D eigenvalue weighted by atomic mass is 10.0. The van der Waals surface area contributed by atoms with Crippen LogP contribution in [0, 0.1) is 0 Å². The van der Waals surface area contributed by atoms with E-state index in [1.807, 2.05) is 34.8 Å². The van der Waals surface area contributed by atoms with Gasteiger partial charge in [-0.2, -0.15) is 0 Å². The van der Waals surface area contributed by atoms with E-state index in [-0.39, 0.29) is 6.03 Å². The van der Waals surface area contributed by atoms with E-state index in [0.29, 0.717) is 19.6 Å². The predicted molar refractivity (Wildman–Crippen MR) is 148 cm³/mol. The Labute approximate surface area is 219 Å². The lowest BCUT2D eigenvalue weighted by Crippen LogP contribution is -2.43. The number of carbonyl (C=O) groups excluding carboxylic acids is 1. The Bertz CT molecular complexity index is 1420. The Balaban J connectivity index is 1.07. The van der Waals surface area contributed by atoms with E-state index < -0.39 is 0 Å². The monoisotopic (exact) mass is 517 g/mol. The van der Waals surface area contributed by atoms with Gasteiger partial charge in [-0.05, 0) is 55.3 Å². The summed E-state index contributed by atoms with van der Waals surface area (Å²) in [6.07, 6.45) is 5.72. The van der Waals surface area contributed by atoms with Gasteiger partial charge in [0.05, 0.1) is 34.6 Å². The molecular formula is C27H31N7O2S. The first kappa shape index (κ1) is 23.9. The fourth-order valence-corrected chi connectivity index (χ4v) is 5.65. The summed E-state index contributed by atoms with van der Waals surface area (Å²) in [5.74, 6) is 0. The Morgan fingerprint density at radius 3 is 2.92 bits per heavy atom. The summed E-state index contributed by atoms with van der Waals surface area (Å²) in [6.45, 7) is 6.58. The number of thiazole rings is 1. The number of urea groups is 1. The molecule has 1 saturated heterocycles. The second-order valence-electron chi connectivity index (χ2n) is 9.43. The molecule has 1 aromatic carbocycles. The van der Waals surface area contributed by atoms with Crippen molar-refractivity contribution in [3.63, 3.8) is 0 Å². The molecule has 0 spiro atoms. The number of nitrogens with zero attached hydrogens (tertiary/aromatic N) is 4. The highest BCUT2D eigenvalue weighted by Crippen LogP contribution is 2.31. The number of benzene rings is 1. The third kappa shape index (κ3) is 5.46. The molecule has 0 radical (unpaired) electrons. The fraction of sp³-hybridized carbons (Fsp3) is 0.370. The van der Waals surface area contributed by atoms with E-state index in [2.05, 4.69) is 48.7 Å². The van der Waals surface area contributed by atoms with E-state index in [1.54, 1.807) is 11.3 Å². The topological polar surface area (TPSA) is 98.4 Å². The number of carbonyl (C=O) groups is 1. The minimum absolute atomic E-state index is 0.0139. The van der Waals surface area contributed by atoms with Crippen LogP contribution in [0.5, 0.6) is 0 Å². The van der Waals surface area contributed by atoms with Crippen molar-refractivity contribution in [1.82, 2.24) is 30.1 Å². The average molecular weight is 518 g/mol. The van der Waals surface area contributed by atoms with Crippen LogP contribution in [0.3, 0.4) is 0 Å². The number of aromatic amines is 1. The van der Waals surface area contributed by atoms with Gasteiger partial charge < -0.3 is 25.3 Å². The normalized spacial score (nSPS) is 16.8. The number of hydrogen-bond acceptors (Lipinski definition) is 7. The zero-order valence-electron chi connectivity index (χ0n) is 20.7. The molecule has 2 aliphatic rings. The number of amides is 2. The number of nitrogens with one attached hydrogen (secondary N) is 3. The van der Waals surface area contributed by atoms with Crippen LogP contribution in [-0.2, 0) is 4.74 Å². The second kappa shape index (κ2) is 10.9. The first-order valence-electron chi connectivity index (χ1n) is 12.8. The molecule has 0 atom stereocenters. The molecule has 6 rings (SSSR count). The number of ether oxygens (including phenoxy) is 1. The van der Waals surface area contributed by atoms with Crippen LogP contribution >= 0.6 is 11.3 Å². The summed E-state index contributed by atoms with van der Waals surface area (Å²) in [7, 11) is 0. The molecule has 192 valence electrons. The van der Waals surface area contributed by atoms with Gasteiger partial charge in [0.1, 0.15) is 5.65 Å². The number of aromatic nitrogens is 3. The molecule has 9 nitrogen and oxygen atoms in total. The fourth-order valence-electron chi connectivity index (χ4n) is 4.93. The number of fused-ring (bicyclic) bond motifs is 2. The van der Waals surface area contributed by atoms with E-state index in [0.717, 1.165) is 84.0 Å². The summed E-state index contributed by atoms with van der Waals surface area (Å²) < 4.78 is 6.54. The van der Waals surface area contributed by atoms with Crippen molar-refractivity contribution in [2.45, 2.75) is 12.8 Å². The number of H-pyrrole nitrogens is 1. The number of morpholine rings is 1. The van der Waals surface area contributed by atoms with Gasteiger partial charge in [-0.1, -0.05) is 6.08 Å². The highest BCUT2D eigenvalue weighted by molar-refractivity contribution is 7.16. The summed E-state index contributed by atoms with van der Waals surface area (Å²) in [4.78, 5) is 29.3. The molecule has 0 saturated carbocycles. The van der Waals surface area contributed by atoms with Crippen molar-refractivity contribution >= 4 is 55.6 Å². The molecule has 0 unspecified atom stereocenters. The molecule has 4 aromatic rings. The van der Waals surface area contributed by atoms with Crippen LogP contribution in [0.15, 0.2) is 48.1 Å². The molecule has 0 aliphatic carbocycles. The summed E-state index contributed by atoms with van der Waals surface area (Å²) in [5, 5.41) is 7.66. The predicted octanol–water partition coefficient (Wildman–Crippen LogP) is 4.44. The summed E-state index contributed by atoms with van der Waals surface area (Å²) in [6, 6.07) is 10.4. The van der Waals surface area contributed by atoms with Crippen molar-refractivity contribution in [1.29, 1.82) is 0 Å². The van der Waals surface area contributed by atoms with Gasteiger partial charge in [-0.15, -0.1) is 11.3 Å². The first-order valence-corrected chi connectivity index (χ1v) is 13.7. The summed E-state index contributed by atoms with van der Waals surface area (Å²) in [5.41, 5.74) is 8.03. The molecule has 3 N–H and O–H groups in total. The van der Waals surface area contributed by atoms with Crippen LogP contribution in [0.2, 0.25) is 0 Å². The van der Waals surface area contributed by atoms with Gasteiger partial charge in [0.2, 0.25) is 0 Å². The third-order valence-electron chi connectivity index (χ3n) is 7.02. The maximum absolute atomic E-state index is 12.6. The van der Waals surface area contributed by atoms with Crippen molar-refractivity contribution in [2.24, 2.45) is 0 Å².